The number of benzene rings is 1. The quantitative estimate of drug-likeness (QED) is 0.869. The van der Waals surface area contributed by atoms with E-state index in [4.69, 9.17) is 16.9 Å². The zero-order valence-corrected chi connectivity index (χ0v) is 12.1. The van der Waals surface area contributed by atoms with Gasteiger partial charge < -0.3 is 10.4 Å². The van der Waals surface area contributed by atoms with E-state index in [1.54, 1.807) is 6.07 Å². The van der Waals surface area contributed by atoms with Gasteiger partial charge in [-0.2, -0.15) is 5.26 Å². The maximum atomic E-state index is 10.4. The number of nitrogens with one attached hydrogen (secondary N) is 1. The molecule has 3 nitrogen and oxygen atoms in total. The highest BCUT2D eigenvalue weighted by Gasteiger charge is 2.34. The van der Waals surface area contributed by atoms with Crippen molar-refractivity contribution in [3.05, 3.63) is 28.3 Å². The first-order valence-corrected chi connectivity index (χ1v) is 7.01. The Morgan fingerprint density at radius 2 is 2.21 bits per heavy atom. The highest BCUT2D eigenvalue weighted by atomic mass is 35.5. The van der Waals surface area contributed by atoms with Crippen LogP contribution in [0.2, 0.25) is 5.02 Å². The largest absolute Gasteiger partial charge is 0.388 e. The van der Waals surface area contributed by atoms with E-state index in [1.165, 1.54) is 0 Å². The van der Waals surface area contributed by atoms with Crippen LogP contribution in [0.15, 0.2) is 12.1 Å². The molecular weight excluding hydrogens is 260 g/mol. The molecule has 0 radical (unpaired) electrons. The Morgan fingerprint density at radius 1 is 1.47 bits per heavy atom. The second-order valence-electron chi connectivity index (χ2n) is 5.51. The summed E-state index contributed by atoms with van der Waals surface area (Å²) in [6.07, 6.45) is 3.95. The number of anilines is 1. The normalized spacial score (nSPS) is 26.8. The lowest BCUT2D eigenvalue weighted by Gasteiger charge is -2.38. The third kappa shape index (κ3) is 2.86. The molecule has 0 bridgehead atoms. The minimum absolute atomic E-state index is 0.0314. The second-order valence-corrected chi connectivity index (χ2v) is 5.89. The molecule has 1 fully saturated rings. The molecule has 0 unspecified atom stereocenters. The minimum atomic E-state index is -0.689. The Morgan fingerprint density at radius 3 is 2.84 bits per heavy atom. The van der Waals surface area contributed by atoms with Gasteiger partial charge in [0.2, 0.25) is 0 Å². The fraction of sp³-hybridized carbons (Fsp3) is 0.533. The van der Waals surface area contributed by atoms with E-state index < -0.39 is 5.60 Å². The molecule has 0 aromatic heterocycles. The van der Waals surface area contributed by atoms with Crippen LogP contribution in [0.3, 0.4) is 0 Å². The first kappa shape index (κ1) is 14.2. The number of rotatable bonds is 2. The number of nitrogens with zero attached hydrogens (tertiary/aromatic N) is 1. The molecule has 2 atom stereocenters. The lowest BCUT2D eigenvalue weighted by molar-refractivity contribution is 0.0106. The molecule has 0 amide bonds. The molecule has 0 aliphatic heterocycles. The van der Waals surface area contributed by atoms with Crippen LogP contribution in [-0.4, -0.2) is 16.7 Å². The summed E-state index contributed by atoms with van der Waals surface area (Å²) >= 11 is 6.16. The average Bonchev–Trinajstić information content (AvgIpc) is 2.37. The van der Waals surface area contributed by atoms with E-state index in [-0.39, 0.29) is 6.04 Å². The summed E-state index contributed by atoms with van der Waals surface area (Å²) in [4.78, 5) is 0. The lowest BCUT2D eigenvalue weighted by atomic mass is 9.81. The fourth-order valence-corrected chi connectivity index (χ4v) is 2.87. The molecule has 2 N–H and O–H groups in total. The van der Waals surface area contributed by atoms with Crippen molar-refractivity contribution >= 4 is 17.3 Å². The maximum Gasteiger partial charge on any atom is 0.101 e. The summed E-state index contributed by atoms with van der Waals surface area (Å²) in [5, 5.41) is 23.2. The maximum absolute atomic E-state index is 10.4. The topological polar surface area (TPSA) is 56.0 Å². The van der Waals surface area contributed by atoms with Gasteiger partial charge in [-0.3, -0.25) is 0 Å². The Hall–Kier alpha value is -1.24. The predicted molar refractivity (Wildman–Crippen MR) is 77.4 cm³/mol. The van der Waals surface area contributed by atoms with E-state index in [0.29, 0.717) is 10.6 Å². The third-order valence-electron chi connectivity index (χ3n) is 4.01. The van der Waals surface area contributed by atoms with Crippen LogP contribution < -0.4 is 5.32 Å². The van der Waals surface area contributed by atoms with Crippen molar-refractivity contribution in [2.24, 2.45) is 0 Å². The van der Waals surface area contributed by atoms with Gasteiger partial charge in [0.1, 0.15) is 6.07 Å². The SMILES string of the molecule is Cc1c(N[C@@H]2CCCC[C@]2(C)O)ccc(C#N)c1Cl. The van der Waals surface area contributed by atoms with Gasteiger partial charge in [-0.1, -0.05) is 24.4 Å². The van der Waals surface area contributed by atoms with Crippen LogP contribution in [-0.2, 0) is 0 Å². The zero-order valence-electron chi connectivity index (χ0n) is 11.3. The number of hydrogen-bond donors (Lipinski definition) is 2. The molecule has 0 spiro atoms. The molecule has 1 aromatic rings. The molecule has 1 saturated carbocycles. The van der Waals surface area contributed by atoms with E-state index in [1.807, 2.05) is 19.9 Å². The highest BCUT2D eigenvalue weighted by molar-refractivity contribution is 6.32. The van der Waals surface area contributed by atoms with Gasteiger partial charge >= 0.3 is 0 Å². The summed E-state index contributed by atoms with van der Waals surface area (Å²) < 4.78 is 0. The minimum Gasteiger partial charge on any atom is -0.388 e. The first-order valence-electron chi connectivity index (χ1n) is 6.64. The van der Waals surface area contributed by atoms with Gasteiger partial charge in [0.05, 0.1) is 22.2 Å². The molecule has 0 heterocycles. The molecule has 2 rings (SSSR count). The highest BCUT2D eigenvalue weighted by Crippen LogP contribution is 2.33. The number of nitriles is 1. The smallest absolute Gasteiger partial charge is 0.101 e. The van der Waals surface area contributed by atoms with Gasteiger partial charge in [0.25, 0.3) is 0 Å². The molecule has 0 saturated heterocycles. The van der Waals surface area contributed by atoms with Crippen LogP contribution in [0, 0.1) is 18.3 Å². The Kier molecular flexibility index (Phi) is 4.03. The molecule has 4 heteroatoms. The first-order chi connectivity index (χ1) is 8.95. The Labute approximate surface area is 119 Å². The number of aliphatic hydroxyl groups is 1. The van der Waals surface area contributed by atoms with E-state index in [0.717, 1.165) is 36.9 Å². The summed E-state index contributed by atoms with van der Waals surface area (Å²) in [6, 6.07) is 5.69. The van der Waals surface area contributed by atoms with E-state index in [9.17, 15) is 5.11 Å². The van der Waals surface area contributed by atoms with Crippen molar-refractivity contribution in [3.8, 4) is 6.07 Å². The van der Waals surface area contributed by atoms with Crippen molar-refractivity contribution in [2.45, 2.75) is 51.2 Å². The second kappa shape index (κ2) is 5.40. The summed E-state index contributed by atoms with van der Waals surface area (Å²) in [5.74, 6) is 0. The van der Waals surface area contributed by atoms with Crippen molar-refractivity contribution in [1.29, 1.82) is 5.26 Å². The number of halogens is 1. The monoisotopic (exact) mass is 278 g/mol. The Bertz CT molecular complexity index is 520. The van der Waals surface area contributed by atoms with Gasteiger partial charge in [-0.05, 0) is 44.4 Å². The molecular formula is C15H19ClN2O. The molecule has 1 aliphatic rings. The standard InChI is InChI=1S/C15H19ClN2O/c1-10-12(7-6-11(9-17)14(10)16)18-13-5-3-4-8-15(13,2)19/h6-7,13,18-19H,3-5,8H2,1-2H3/t13-,15+/m1/s1. The predicted octanol–water partition coefficient (Wildman–Crippen LogP) is 3.63. The van der Waals surface area contributed by atoms with Crippen LogP contribution in [0.5, 0.6) is 0 Å². The molecule has 102 valence electrons. The average molecular weight is 279 g/mol. The summed E-state index contributed by atoms with van der Waals surface area (Å²) in [6.45, 7) is 3.77. The van der Waals surface area contributed by atoms with Crippen molar-refractivity contribution in [2.75, 3.05) is 5.32 Å². The van der Waals surface area contributed by atoms with Gasteiger partial charge in [0.15, 0.2) is 0 Å². The summed E-state index contributed by atoms with van der Waals surface area (Å²) in [5.41, 5.74) is 1.56. The molecule has 1 aliphatic carbocycles. The van der Waals surface area contributed by atoms with Crippen LogP contribution in [0.1, 0.15) is 43.7 Å². The molecule has 19 heavy (non-hydrogen) atoms. The van der Waals surface area contributed by atoms with Gasteiger partial charge in [0, 0.05) is 5.69 Å². The zero-order chi connectivity index (χ0) is 14.0. The van der Waals surface area contributed by atoms with Crippen molar-refractivity contribution in [1.82, 2.24) is 0 Å². The lowest BCUT2D eigenvalue weighted by Crippen LogP contribution is -2.46. The van der Waals surface area contributed by atoms with Crippen molar-refractivity contribution < 1.29 is 5.11 Å². The summed E-state index contributed by atoms with van der Waals surface area (Å²) in [7, 11) is 0. The van der Waals surface area contributed by atoms with Gasteiger partial charge in [-0.25, -0.2) is 0 Å². The van der Waals surface area contributed by atoms with Crippen LogP contribution in [0.25, 0.3) is 0 Å². The van der Waals surface area contributed by atoms with E-state index >= 15 is 0 Å². The third-order valence-corrected chi connectivity index (χ3v) is 4.50. The Balaban J connectivity index is 2.24. The number of hydrogen-bond acceptors (Lipinski definition) is 3. The molecule has 1 aromatic carbocycles. The van der Waals surface area contributed by atoms with E-state index in [2.05, 4.69) is 11.4 Å². The van der Waals surface area contributed by atoms with Gasteiger partial charge in [-0.15, -0.1) is 0 Å². The van der Waals surface area contributed by atoms with Crippen LogP contribution >= 0.6 is 11.6 Å². The van der Waals surface area contributed by atoms with Crippen molar-refractivity contribution in [3.63, 3.8) is 0 Å². The fourth-order valence-electron chi connectivity index (χ4n) is 2.66. The van der Waals surface area contributed by atoms with Crippen LogP contribution in [0.4, 0.5) is 5.69 Å².